The third-order valence-electron chi connectivity index (χ3n) is 3.98. The van der Waals surface area contributed by atoms with Gasteiger partial charge in [-0.1, -0.05) is 31.6 Å². The molecule has 1 fully saturated rings. The summed E-state index contributed by atoms with van der Waals surface area (Å²) in [5.41, 5.74) is 4.17. The fraction of sp³-hybridized carbons (Fsp3) is 0.688. The predicted molar refractivity (Wildman–Crippen MR) is 76.6 cm³/mol. The number of carbonyl (C=O) groups is 1. The van der Waals surface area contributed by atoms with Gasteiger partial charge in [0.2, 0.25) is 0 Å². The maximum atomic E-state index is 12.1. The number of ketones is 1. The van der Waals surface area contributed by atoms with Gasteiger partial charge in [0.1, 0.15) is 0 Å². The average Bonchev–Trinajstić information content (AvgIpc) is 2.37. The van der Waals surface area contributed by atoms with Gasteiger partial charge in [0.25, 0.3) is 0 Å². The summed E-state index contributed by atoms with van der Waals surface area (Å²) in [6.07, 6.45) is 10.6. The van der Waals surface area contributed by atoms with Crippen LogP contribution in [0.4, 0.5) is 0 Å². The molecule has 1 N–H and O–H groups in total. The topological polar surface area (TPSA) is 38.3 Å². The van der Waals surface area contributed by atoms with Crippen LogP contribution in [0.3, 0.4) is 0 Å². The fourth-order valence-electron chi connectivity index (χ4n) is 2.94. The molecule has 0 aromatic heterocycles. The molecule has 0 saturated heterocycles. The van der Waals surface area contributed by atoms with E-state index in [1.807, 2.05) is 6.08 Å². The molecule has 0 aliphatic heterocycles. The van der Waals surface area contributed by atoms with Crippen molar-refractivity contribution >= 4 is 5.78 Å². The van der Waals surface area contributed by atoms with Gasteiger partial charge in [0, 0.05) is 12.0 Å². The van der Waals surface area contributed by atoms with Crippen molar-refractivity contribution < 1.29 is 9.63 Å². The lowest BCUT2D eigenvalue weighted by Crippen LogP contribution is -2.46. The molecule has 3 nitrogen and oxygen atoms in total. The molecule has 2 aliphatic rings. The molecule has 3 heteroatoms. The third-order valence-corrected chi connectivity index (χ3v) is 3.98. The lowest BCUT2D eigenvalue weighted by molar-refractivity contribution is -0.139. The molecule has 2 rings (SSSR count). The monoisotopic (exact) mass is 263 g/mol. The van der Waals surface area contributed by atoms with E-state index >= 15 is 0 Å². The van der Waals surface area contributed by atoms with E-state index in [1.54, 1.807) is 0 Å². The highest BCUT2D eigenvalue weighted by Gasteiger charge is 2.35. The highest BCUT2D eigenvalue weighted by atomic mass is 16.7. The summed E-state index contributed by atoms with van der Waals surface area (Å²) in [7, 11) is 0. The molecule has 0 amide bonds. The van der Waals surface area contributed by atoms with E-state index in [2.05, 4.69) is 38.4 Å². The van der Waals surface area contributed by atoms with Crippen molar-refractivity contribution in [1.29, 1.82) is 0 Å². The Balaban J connectivity index is 2.02. The van der Waals surface area contributed by atoms with Crippen molar-refractivity contribution in [2.45, 2.75) is 64.5 Å². The molecular weight excluding hydrogens is 238 g/mol. The Morgan fingerprint density at radius 1 is 1.47 bits per heavy atom. The quantitative estimate of drug-likeness (QED) is 0.773. The second kappa shape index (κ2) is 6.02. The van der Waals surface area contributed by atoms with Gasteiger partial charge in [-0.3, -0.25) is 9.63 Å². The summed E-state index contributed by atoms with van der Waals surface area (Å²) in [4.78, 5) is 17.9. The summed E-state index contributed by atoms with van der Waals surface area (Å²) in [6, 6.07) is 0. The molecule has 0 heterocycles. The van der Waals surface area contributed by atoms with Crippen molar-refractivity contribution in [3.05, 3.63) is 23.8 Å². The Bertz CT molecular complexity index is 396. The number of allylic oxidation sites excluding steroid dienone is 3. The standard InChI is InChI=1S/C16H25NO2/c1-4-11-16(2,3)17-19-15-13-8-6-5-7-12(13)9-10-14(15)18/h5-6,8,12,15,17H,4,7,9-11H2,1-3H3. The highest BCUT2D eigenvalue weighted by molar-refractivity contribution is 5.87. The first-order valence-corrected chi connectivity index (χ1v) is 7.35. The summed E-state index contributed by atoms with van der Waals surface area (Å²) in [5, 5.41) is 0. The lowest BCUT2D eigenvalue weighted by Gasteiger charge is -2.35. The van der Waals surface area contributed by atoms with Gasteiger partial charge >= 0.3 is 0 Å². The van der Waals surface area contributed by atoms with Gasteiger partial charge in [-0.2, -0.15) is 5.48 Å². The van der Waals surface area contributed by atoms with Gasteiger partial charge in [-0.15, -0.1) is 0 Å². The minimum atomic E-state index is -0.389. The number of hydrogen-bond donors (Lipinski definition) is 1. The number of fused-ring (bicyclic) bond motifs is 1. The Morgan fingerprint density at radius 3 is 3.00 bits per heavy atom. The zero-order valence-corrected chi connectivity index (χ0v) is 12.2. The van der Waals surface area contributed by atoms with Crippen LogP contribution in [0.15, 0.2) is 23.8 Å². The van der Waals surface area contributed by atoms with E-state index in [0.717, 1.165) is 31.3 Å². The molecule has 2 aliphatic carbocycles. The summed E-state index contributed by atoms with van der Waals surface area (Å²) in [6.45, 7) is 6.37. The van der Waals surface area contributed by atoms with E-state index in [4.69, 9.17) is 4.84 Å². The second-order valence-corrected chi connectivity index (χ2v) is 6.27. The maximum absolute atomic E-state index is 12.1. The molecule has 19 heavy (non-hydrogen) atoms. The minimum Gasteiger partial charge on any atom is -0.296 e. The van der Waals surface area contributed by atoms with Gasteiger partial charge < -0.3 is 0 Å². The lowest BCUT2D eigenvalue weighted by atomic mass is 9.77. The van der Waals surface area contributed by atoms with E-state index in [-0.39, 0.29) is 17.4 Å². The Kier molecular flexibility index (Phi) is 4.58. The molecule has 1 saturated carbocycles. The molecule has 2 atom stereocenters. The van der Waals surface area contributed by atoms with Crippen LogP contribution < -0.4 is 5.48 Å². The van der Waals surface area contributed by atoms with Crippen LogP contribution in [0.2, 0.25) is 0 Å². The number of rotatable bonds is 5. The molecule has 0 aromatic carbocycles. The van der Waals surface area contributed by atoms with Gasteiger partial charge in [-0.05, 0) is 44.6 Å². The van der Waals surface area contributed by atoms with Crippen molar-refractivity contribution in [3.8, 4) is 0 Å². The van der Waals surface area contributed by atoms with E-state index in [9.17, 15) is 4.79 Å². The first-order chi connectivity index (χ1) is 9.03. The van der Waals surface area contributed by atoms with Crippen molar-refractivity contribution in [2.75, 3.05) is 0 Å². The van der Waals surface area contributed by atoms with Crippen LogP contribution in [0, 0.1) is 5.92 Å². The van der Waals surface area contributed by atoms with E-state index < -0.39 is 0 Å². The van der Waals surface area contributed by atoms with Crippen LogP contribution in [-0.4, -0.2) is 17.4 Å². The number of Topliss-reactive ketones (excluding diaryl/α,β-unsaturated/α-hetero) is 1. The van der Waals surface area contributed by atoms with Crippen LogP contribution in [0.1, 0.15) is 52.9 Å². The predicted octanol–water partition coefficient (Wildman–Crippen LogP) is 3.32. The second-order valence-electron chi connectivity index (χ2n) is 6.27. The van der Waals surface area contributed by atoms with Crippen LogP contribution >= 0.6 is 0 Å². The number of hydroxylamine groups is 1. The maximum Gasteiger partial charge on any atom is 0.167 e. The SMILES string of the molecule is CCCC(C)(C)NOC1C(=O)CCC2CC=CC=C21. The van der Waals surface area contributed by atoms with E-state index in [0.29, 0.717) is 12.3 Å². The fourth-order valence-corrected chi connectivity index (χ4v) is 2.94. The average molecular weight is 263 g/mol. The molecule has 2 unspecified atom stereocenters. The molecule has 106 valence electrons. The normalized spacial score (nSPS) is 27.1. The van der Waals surface area contributed by atoms with Crippen molar-refractivity contribution in [1.82, 2.24) is 5.48 Å². The van der Waals surface area contributed by atoms with Crippen LogP contribution in [-0.2, 0) is 9.63 Å². The highest BCUT2D eigenvalue weighted by Crippen LogP contribution is 2.34. The third kappa shape index (κ3) is 3.54. The largest absolute Gasteiger partial charge is 0.296 e. The summed E-state index contributed by atoms with van der Waals surface area (Å²) in [5.74, 6) is 0.696. The van der Waals surface area contributed by atoms with Crippen molar-refractivity contribution in [3.63, 3.8) is 0 Å². The summed E-state index contributed by atoms with van der Waals surface area (Å²) >= 11 is 0. The Labute approximate surface area is 116 Å². The van der Waals surface area contributed by atoms with Crippen molar-refractivity contribution in [2.24, 2.45) is 5.92 Å². The van der Waals surface area contributed by atoms with Gasteiger partial charge in [0.05, 0.1) is 0 Å². The molecule has 0 bridgehead atoms. The van der Waals surface area contributed by atoms with Gasteiger partial charge in [-0.25, -0.2) is 0 Å². The van der Waals surface area contributed by atoms with Crippen LogP contribution in [0.25, 0.3) is 0 Å². The summed E-state index contributed by atoms with van der Waals surface area (Å²) < 4.78 is 0. The van der Waals surface area contributed by atoms with E-state index in [1.165, 1.54) is 0 Å². The van der Waals surface area contributed by atoms with Crippen LogP contribution in [0.5, 0.6) is 0 Å². The minimum absolute atomic E-state index is 0.0902. The Morgan fingerprint density at radius 2 is 2.26 bits per heavy atom. The molecular formula is C16H25NO2. The molecule has 0 spiro atoms. The van der Waals surface area contributed by atoms with Gasteiger partial charge in [0.15, 0.2) is 11.9 Å². The first kappa shape index (κ1) is 14.5. The number of nitrogens with one attached hydrogen (secondary N) is 1. The zero-order valence-electron chi connectivity index (χ0n) is 12.2. The molecule has 0 radical (unpaired) electrons. The Hall–Kier alpha value is -0.930. The zero-order chi connectivity index (χ0) is 13.9. The number of carbonyl (C=O) groups excluding carboxylic acids is 1. The number of hydrogen-bond acceptors (Lipinski definition) is 3. The molecule has 0 aromatic rings. The first-order valence-electron chi connectivity index (χ1n) is 7.35. The smallest absolute Gasteiger partial charge is 0.167 e.